The maximum atomic E-state index is 12.3. The molecule has 2 aromatic carbocycles. The van der Waals surface area contributed by atoms with E-state index in [1.807, 2.05) is 24.3 Å². The van der Waals surface area contributed by atoms with Crippen LogP contribution < -0.4 is 4.74 Å². The summed E-state index contributed by atoms with van der Waals surface area (Å²) < 4.78 is 5.10. The van der Waals surface area contributed by atoms with Crippen LogP contribution in [0.1, 0.15) is 15.9 Å². The van der Waals surface area contributed by atoms with Crippen molar-refractivity contribution in [1.82, 2.24) is 4.90 Å². The highest BCUT2D eigenvalue weighted by atomic mass is 35.5. The van der Waals surface area contributed by atoms with Crippen LogP contribution in [0.15, 0.2) is 42.5 Å². The van der Waals surface area contributed by atoms with Crippen molar-refractivity contribution in [3.63, 3.8) is 0 Å². The first-order chi connectivity index (χ1) is 10.0. The van der Waals surface area contributed by atoms with Gasteiger partial charge in [-0.25, -0.2) is 0 Å². The Kier molecular flexibility index (Phi) is 4.70. The number of carbonyl (C=O) groups excluding carboxylic acids is 1. The van der Waals surface area contributed by atoms with Crippen LogP contribution in [0.2, 0.25) is 5.02 Å². The van der Waals surface area contributed by atoms with Crippen molar-refractivity contribution in [2.45, 2.75) is 6.54 Å². The molecule has 21 heavy (non-hydrogen) atoms. The van der Waals surface area contributed by atoms with Crippen LogP contribution in [-0.2, 0) is 6.54 Å². The Labute approximate surface area is 128 Å². The molecule has 0 unspecified atom stereocenters. The van der Waals surface area contributed by atoms with Crippen LogP contribution in [0.4, 0.5) is 0 Å². The molecule has 2 rings (SSSR count). The van der Waals surface area contributed by atoms with E-state index in [1.54, 1.807) is 25.1 Å². The van der Waals surface area contributed by atoms with Crippen molar-refractivity contribution in [2.75, 3.05) is 14.2 Å². The molecule has 0 aliphatic carbocycles. The summed E-state index contributed by atoms with van der Waals surface area (Å²) in [6, 6.07) is 11.9. The number of phenolic OH excluding ortho intramolecular Hbond substituents is 1. The largest absolute Gasteiger partial charge is 0.506 e. The minimum Gasteiger partial charge on any atom is -0.506 e. The highest BCUT2D eigenvalue weighted by Gasteiger charge is 2.13. The SMILES string of the molecule is COc1ccc(CN(C)C(=O)c2ccc(O)c(Cl)c2)cc1. The van der Waals surface area contributed by atoms with Gasteiger partial charge in [0.25, 0.3) is 5.91 Å². The van der Waals surface area contributed by atoms with E-state index in [9.17, 15) is 9.90 Å². The van der Waals surface area contributed by atoms with Gasteiger partial charge in [0.15, 0.2) is 0 Å². The lowest BCUT2D eigenvalue weighted by Gasteiger charge is -2.17. The molecule has 0 heterocycles. The standard InChI is InChI=1S/C16H16ClNO3/c1-18(10-11-3-6-13(21-2)7-4-11)16(20)12-5-8-15(19)14(17)9-12/h3-9,19H,10H2,1-2H3. The first-order valence-electron chi connectivity index (χ1n) is 6.38. The Morgan fingerprint density at radius 3 is 2.48 bits per heavy atom. The first kappa shape index (κ1) is 15.2. The zero-order valence-corrected chi connectivity index (χ0v) is 12.6. The average Bonchev–Trinajstić information content (AvgIpc) is 2.50. The molecule has 0 aliphatic rings. The molecule has 0 aromatic heterocycles. The smallest absolute Gasteiger partial charge is 0.253 e. The summed E-state index contributed by atoms with van der Waals surface area (Å²) >= 11 is 5.82. The number of hydrogen-bond acceptors (Lipinski definition) is 3. The second kappa shape index (κ2) is 6.50. The van der Waals surface area contributed by atoms with Crippen molar-refractivity contribution in [3.8, 4) is 11.5 Å². The number of aromatic hydroxyl groups is 1. The van der Waals surface area contributed by atoms with Crippen LogP contribution in [0.3, 0.4) is 0 Å². The number of halogens is 1. The molecule has 0 saturated carbocycles. The van der Waals surface area contributed by atoms with Crippen molar-refractivity contribution in [3.05, 3.63) is 58.6 Å². The number of nitrogens with zero attached hydrogens (tertiary/aromatic N) is 1. The molecule has 0 spiro atoms. The second-order valence-corrected chi connectivity index (χ2v) is 5.08. The summed E-state index contributed by atoms with van der Waals surface area (Å²) in [5.41, 5.74) is 1.44. The summed E-state index contributed by atoms with van der Waals surface area (Å²) in [5, 5.41) is 9.55. The van der Waals surface area contributed by atoms with E-state index in [1.165, 1.54) is 12.1 Å². The number of methoxy groups -OCH3 is 1. The zero-order valence-electron chi connectivity index (χ0n) is 11.8. The van der Waals surface area contributed by atoms with E-state index >= 15 is 0 Å². The third-order valence-electron chi connectivity index (χ3n) is 3.12. The molecule has 1 amide bonds. The summed E-state index contributed by atoms with van der Waals surface area (Å²) in [4.78, 5) is 13.9. The van der Waals surface area contributed by atoms with Crippen molar-refractivity contribution < 1.29 is 14.6 Å². The number of hydrogen-bond donors (Lipinski definition) is 1. The molecule has 110 valence electrons. The van der Waals surface area contributed by atoms with Crippen LogP contribution in [-0.4, -0.2) is 30.1 Å². The van der Waals surface area contributed by atoms with Gasteiger partial charge in [-0.15, -0.1) is 0 Å². The van der Waals surface area contributed by atoms with E-state index in [0.717, 1.165) is 11.3 Å². The fourth-order valence-electron chi connectivity index (χ4n) is 1.94. The Morgan fingerprint density at radius 1 is 1.24 bits per heavy atom. The van der Waals surface area contributed by atoms with Gasteiger partial charge in [-0.2, -0.15) is 0 Å². The Balaban J connectivity index is 2.09. The number of benzene rings is 2. The van der Waals surface area contributed by atoms with Crippen LogP contribution in [0, 0.1) is 0 Å². The molecule has 0 bridgehead atoms. The van der Waals surface area contributed by atoms with Gasteiger partial charge in [0.1, 0.15) is 11.5 Å². The minimum atomic E-state index is -0.160. The van der Waals surface area contributed by atoms with Gasteiger partial charge in [-0.3, -0.25) is 4.79 Å². The third kappa shape index (κ3) is 3.67. The molecule has 0 radical (unpaired) electrons. The fraction of sp³-hybridized carbons (Fsp3) is 0.188. The Morgan fingerprint density at radius 2 is 1.90 bits per heavy atom. The van der Waals surface area contributed by atoms with Crippen LogP contribution in [0.5, 0.6) is 11.5 Å². The molecule has 4 nitrogen and oxygen atoms in total. The number of ether oxygens (including phenoxy) is 1. The molecule has 5 heteroatoms. The Hall–Kier alpha value is -2.20. The predicted molar refractivity (Wildman–Crippen MR) is 81.9 cm³/mol. The maximum Gasteiger partial charge on any atom is 0.253 e. The number of rotatable bonds is 4. The lowest BCUT2D eigenvalue weighted by molar-refractivity contribution is 0.0785. The van der Waals surface area contributed by atoms with Crippen molar-refractivity contribution >= 4 is 17.5 Å². The third-order valence-corrected chi connectivity index (χ3v) is 3.42. The number of carbonyl (C=O) groups is 1. The summed E-state index contributed by atoms with van der Waals surface area (Å²) in [6.45, 7) is 0.474. The predicted octanol–water partition coefficient (Wildman–Crippen LogP) is 3.33. The van der Waals surface area contributed by atoms with Gasteiger partial charge in [0, 0.05) is 19.2 Å². The first-order valence-corrected chi connectivity index (χ1v) is 6.76. The van der Waals surface area contributed by atoms with Gasteiger partial charge in [0.2, 0.25) is 0 Å². The highest BCUT2D eigenvalue weighted by molar-refractivity contribution is 6.32. The lowest BCUT2D eigenvalue weighted by Crippen LogP contribution is -2.26. The maximum absolute atomic E-state index is 12.3. The zero-order chi connectivity index (χ0) is 15.4. The molecule has 0 aliphatic heterocycles. The van der Waals surface area contributed by atoms with E-state index in [-0.39, 0.29) is 16.7 Å². The van der Waals surface area contributed by atoms with Gasteiger partial charge in [-0.1, -0.05) is 23.7 Å². The van der Waals surface area contributed by atoms with Gasteiger partial charge >= 0.3 is 0 Å². The second-order valence-electron chi connectivity index (χ2n) is 4.68. The van der Waals surface area contributed by atoms with E-state index in [0.29, 0.717) is 12.1 Å². The molecule has 2 aromatic rings. The van der Waals surface area contributed by atoms with E-state index in [2.05, 4.69) is 0 Å². The van der Waals surface area contributed by atoms with Crippen LogP contribution >= 0.6 is 11.6 Å². The summed E-state index contributed by atoms with van der Waals surface area (Å²) in [6.07, 6.45) is 0. The van der Waals surface area contributed by atoms with Gasteiger partial charge in [0.05, 0.1) is 12.1 Å². The molecule has 0 fully saturated rings. The fourth-order valence-corrected chi connectivity index (χ4v) is 2.12. The molecular formula is C16H16ClNO3. The van der Waals surface area contributed by atoms with E-state index < -0.39 is 0 Å². The lowest BCUT2D eigenvalue weighted by atomic mass is 10.1. The molecule has 0 saturated heterocycles. The topological polar surface area (TPSA) is 49.8 Å². The quantitative estimate of drug-likeness (QED) is 0.942. The molecule has 0 atom stereocenters. The average molecular weight is 306 g/mol. The van der Waals surface area contributed by atoms with Crippen molar-refractivity contribution in [2.24, 2.45) is 0 Å². The van der Waals surface area contributed by atoms with Crippen LogP contribution in [0.25, 0.3) is 0 Å². The molecular weight excluding hydrogens is 290 g/mol. The van der Waals surface area contributed by atoms with E-state index in [4.69, 9.17) is 16.3 Å². The monoisotopic (exact) mass is 305 g/mol. The number of amides is 1. The normalized spacial score (nSPS) is 10.2. The van der Waals surface area contributed by atoms with Crippen molar-refractivity contribution in [1.29, 1.82) is 0 Å². The summed E-state index contributed by atoms with van der Waals surface area (Å²) in [5.74, 6) is 0.580. The highest BCUT2D eigenvalue weighted by Crippen LogP contribution is 2.24. The Bertz CT molecular complexity index is 640. The summed E-state index contributed by atoms with van der Waals surface area (Å²) in [7, 11) is 3.33. The number of phenols is 1. The minimum absolute atomic E-state index is 0.0361. The molecule has 1 N–H and O–H groups in total. The van der Waals surface area contributed by atoms with Gasteiger partial charge in [-0.05, 0) is 35.9 Å². The van der Waals surface area contributed by atoms with Gasteiger partial charge < -0.3 is 14.7 Å².